The molecule has 2 heteroatoms. The van der Waals surface area contributed by atoms with Gasteiger partial charge < -0.3 is 5.32 Å². The third-order valence-corrected chi connectivity index (χ3v) is 3.98. The minimum absolute atomic E-state index is 0.540. The van der Waals surface area contributed by atoms with Crippen LogP contribution in [-0.2, 0) is 6.42 Å². The van der Waals surface area contributed by atoms with Crippen molar-refractivity contribution in [2.24, 2.45) is 5.41 Å². The molecule has 1 saturated carbocycles. The minimum atomic E-state index is 0.540. The average molecular weight is 252 g/mol. The fourth-order valence-electron chi connectivity index (χ4n) is 2.68. The first-order valence-corrected chi connectivity index (χ1v) is 6.91. The molecule has 0 aliphatic heterocycles. The Morgan fingerprint density at radius 1 is 1.29 bits per heavy atom. The molecule has 0 aromatic heterocycles. The molecule has 1 aliphatic carbocycles. The van der Waals surface area contributed by atoms with Gasteiger partial charge in [-0.2, -0.15) is 0 Å². The Hall–Kier alpha value is -0.530. The zero-order chi connectivity index (χ0) is 12.3. The number of halogens is 1. The summed E-state index contributed by atoms with van der Waals surface area (Å²) in [4.78, 5) is 0. The Balaban J connectivity index is 1.71. The van der Waals surface area contributed by atoms with Crippen molar-refractivity contribution in [2.45, 2.75) is 45.6 Å². The molecule has 0 saturated heterocycles. The Labute approximate surface area is 110 Å². The van der Waals surface area contributed by atoms with Gasteiger partial charge in [-0.05, 0) is 55.3 Å². The largest absolute Gasteiger partial charge is 0.314 e. The summed E-state index contributed by atoms with van der Waals surface area (Å²) in [6, 6.07) is 8.88. The van der Waals surface area contributed by atoms with Gasteiger partial charge in [0.2, 0.25) is 0 Å². The van der Waals surface area contributed by atoms with E-state index in [2.05, 4.69) is 31.3 Å². The first kappa shape index (κ1) is 12.9. The predicted molar refractivity (Wildman–Crippen MR) is 74.6 cm³/mol. The van der Waals surface area contributed by atoms with E-state index in [1.54, 1.807) is 0 Å². The SMILES string of the molecule is CC1(C)CCC(NCCc2ccc(Cl)cc2)C1. The van der Waals surface area contributed by atoms with Crippen LogP contribution in [0.1, 0.15) is 38.7 Å². The predicted octanol–water partition coefficient (Wildman–Crippen LogP) is 4.05. The first-order valence-electron chi connectivity index (χ1n) is 6.53. The molecule has 1 N–H and O–H groups in total. The Bertz CT molecular complexity index is 356. The van der Waals surface area contributed by atoms with Crippen molar-refractivity contribution in [1.29, 1.82) is 0 Å². The summed E-state index contributed by atoms with van der Waals surface area (Å²) >= 11 is 5.87. The molecule has 1 aromatic rings. The summed E-state index contributed by atoms with van der Waals surface area (Å²) in [7, 11) is 0. The molecule has 0 amide bonds. The van der Waals surface area contributed by atoms with Gasteiger partial charge in [-0.15, -0.1) is 0 Å². The molecule has 1 fully saturated rings. The summed E-state index contributed by atoms with van der Waals surface area (Å²) in [5, 5.41) is 4.49. The van der Waals surface area contributed by atoms with Crippen LogP contribution in [0.2, 0.25) is 5.02 Å². The summed E-state index contributed by atoms with van der Waals surface area (Å²) in [5.41, 5.74) is 1.90. The van der Waals surface area contributed by atoms with Gasteiger partial charge in [0.15, 0.2) is 0 Å². The molecule has 1 aromatic carbocycles. The fourth-order valence-corrected chi connectivity index (χ4v) is 2.81. The number of benzene rings is 1. The second-order valence-electron chi connectivity index (χ2n) is 5.93. The topological polar surface area (TPSA) is 12.0 Å². The fraction of sp³-hybridized carbons (Fsp3) is 0.600. The molecular weight excluding hydrogens is 230 g/mol. The molecule has 1 atom stereocenters. The third kappa shape index (κ3) is 4.01. The van der Waals surface area contributed by atoms with Crippen molar-refractivity contribution in [1.82, 2.24) is 5.32 Å². The molecular formula is C15H22ClN. The Morgan fingerprint density at radius 2 is 2.00 bits per heavy atom. The summed E-state index contributed by atoms with van der Waals surface area (Å²) in [5.74, 6) is 0. The number of hydrogen-bond acceptors (Lipinski definition) is 1. The van der Waals surface area contributed by atoms with E-state index in [1.807, 2.05) is 12.1 Å². The van der Waals surface area contributed by atoms with Crippen LogP contribution in [0.3, 0.4) is 0 Å². The van der Waals surface area contributed by atoms with E-state index < -0.39 is 0 Å². The van der Waals surface area contributed by atoms with Crippen LogP contribution in [0, 0.1) is 5.41 Å². The van der Waals surface area contributed by atoms with Gasteiger partial charge in [-0.25, -0.2) is 0 Å². The van der Waals surface area contributed by atoms with Crippen LogP contribution < -0.4 is 5.32 Å². The molecule has 1 nitrogen and oxygen atoms in total. The molecule has 0 spiro atoms. The van der Waals surface area contributed by atoms with Gasteiger partial charge >= 0.3 is 0 Å². The van der Waals surface area contributed by atoms with Crippen LogP contribution in [0.5, 0.6) is 0 Å². The monoisotopic (exact) mass is 251 g/mol. The maximum Gasteiger partial charge on any atom is 0.0406 e. The molecule has 2 rings (SSSR count). The number of hydrogen-bond donors (Lipinski definition) is 1. The lowest BCUT2D eigenvalue weighted by Gasteiger charge is -2.17. The number of rotatable bonds is 4. The molecule has 1 aliphatic rings. The zero-order valence-corrected chi connectivity index (χ0v) is 11.6. The lowest BCUT2D eigenvalue weighted by molar-refractivity contribution is 0.365. The van der Waals surface area contributed by atoms with Crippen molar-refractivity contribution in [2.75, 3.05) is 6.54 Å². The van der Waals surface area contributed by atoms with Gasteiger partial charge in [0.05, 0.1) is 0 Å². The van der Waals surface area contributed by atoms with E-state index in [0.29, 0.717) is 5.41 Å². The minimum Gasteiger partial charge on any atom is -0.314 e. The highest BCUT2D eigenvalue weighted by atomic mass is 35.5. The highest BCUT2D eigenvalue weighted by Crippen LogP contribution is 2.36. The van der Waals surface area contributed by atoms with E-state index in [9.17, 15) is 0 Å². The van der Waals surface area contributed by atoms with Crippen molar-refractivity contribution < 1.29 is 0 Å². The second-order valence-corrected chi connectivity index (χ2v) is 6.37. The highest BCUT2D eigenvalue weighted by Gasteiger charge is 2.30. The van der Waals surface area contributed by atoms with E-state index in [0.717, 1.165) is 24.0 Å². The third-order valence-electron chi connectivity index (χ3n) is 3.73. The lowest BCUT2D eigenvalue weighted by atomic mass is 9.92. The van der Waals surface area contributed by atoms with Crippen LogP contribution >= 0.6 is 11.6 Å². The van der Waals surface area contributed by atoms with Gasteiger partial charge in [0, 0.05) is 11.1 Å². The van der Waals surface area contributed by atoms with E-state index in [1.165, 1.54) is 24.8 Å². The van der Waals surface area contributed by atoms with Crippen LogP contribution in [0.15, 0.2) is 24.3 Å². The van der Waals surface area contributed by atoms with Gasteiger partial charge in [0.25, 0.3) is 0 Å². The smallest absolute Gasteiger partial charge is 0.0406 e. The molecule has 0 radical (unpaired) electrons. The maximum atomic E-state index is 5.87. The van der Waals surface area contributed by atoms with Crippen LogP contribution in [-0.4, -0.2) is 12.6 Å². The maximum absolute atomic E-state index is 5.87. The average Bonchev–Trinajstić information content (AvgIpc) is 2.61. The summed E-state index contributed by atoms with van der Waals surface area (Å²) < 4.78 is 0. The zero-order valence-electron chi connectivity index (χ0n) is 10.8. The molecule has 0 bridgehead atoms. The first-order chi connectivity index (χ1) is 8.05. The normalized spacial score (nSPS) is 22.9. The van der Waals surface area contributed by atoms with E-state index >= 15 is 0 Å². The van der Waals surface area contributed by atoms with Crippen molar-refractivity contribution >= 4 is 11.6 Å². The number of nitrogens with one attached hydrogen (secondary N) is 1. The van der Waals surface area contributed by atoms with Crippen molar-refractivity contribution in [3.63, 3.8) is 0 Å². The molecule has 1 unspecified atom stereocenters. The standard InChI is InChI=1S/C15H22ClN/c1-15(2)9-7-14(11-15)17-10-8-12-3-5-13(16)6-4-12/h3-6,14,17H,7-11H2,1-2H3. The van der Waals surface area contributed by atoms with Crippen LogP contribution in [0.4, 0.5) is 0 Å². The van der Waals surface area contributed by atoms with Gasteiger partial charge in [-0.1, -0.05) is 37.6 Å². The van der Waals surface area contributed by atoms with Crippen molar-refractivity contribution in [3.8, 4) is 0 Å². The quantitative estimate of drug-likeness (QED) is 0.851. The lowest BCUT2D eigenvalue weighted by Crippen LogP contribution is -2.29. The van der Waals surface area contributed by atoms with Crippen LogP contribution in [0.25, 0.3) is 0 Å². The highest BCUT2D eigenvalue weighted by molar-refractivity contribution is 6.30. The van der Waals surface area contributed by atoms with Gasteiger partial charge in [-0.3, -0.25) is 0 Å². The van der Waals surface area contributed by atoms with Gasteiger partial charge in [0.1, 0.15) is 0 Å². The van der Waals surface area contributed by atoms with E-state index in [4.69, 9.17) is 11.6 Å². The molecule has 17 heavy (non-hydrogen) atoms. The van der Waals surface area contributed by atoms with Crippen molar-refractivity contribution in [3.05, 3.63) is 34.9 Å². The molecule has 94 valence electrons. The summed E-state index contributed by atoms with van der Waals surface area (Å²) in [6.45, 7) is 5.81. The van der Waals surface area contributed by atoms with E-state index in [-0.39, 0.29) is 0 Å². The second kappa shape index (κ2) is 5.41. The summed E-state index contributed by atoms with van der Waals surface area (Å²) in [6.07, 6.45) is 5.08. The Morgan fingerprint density at radius 3 is 2.59 bits per heavy atom. The Kier molecular flexibility index (Phi) is 4.11. The molecule has 0 heterocycles.